The van der Waals surface area contributed by atoms with Gasteiger partial charge in [-0.2, -0.15) is 0 Å². The average Bonchev–Trinajstić information content (AvgIpc) is 3.08. The van der Waals surface area contributed by atoms with Crippen molar-refractivity contribution in [3.8, 4) is 17.2 Å². The smallest absolute Gasteiger partial charge is 0.189 e. The Morgan fingerprint density at radius 1 is 1.17 bits per heavy atom. The third-order valence-corrected chi connectivity index (χ3v) is 5.17. The van der Waals surface area contributed by atoms with Gasteiger partial charge in [0.15, 0.2) is 5.78 Å². The molecule has 158 valence electrons. The fourth-order valence-corrected chi connectivity index (χ4v) is 3.32. The van der Waals surface area contributed by atoms with Gasteiger partial charge in [-0.05, 0) is 75.1 Å². The lowest BCUT2D eigenvalue weighted by Gasteiger charge is -2.24. The number of phenolic OH excluding ortho intramolecular Hbond substituents is 2. The summed E-state index contributed by atoms with van der Waals surface area (Å²) in [7, 11) is 0. The minimum absolute atomic E-state index is 0.158. The van der Waals surface area contributed by atoms with Gasteiger partial charge >= 0.3 is 0 Å². The number of hydrogen-bond donors (Lipinski definition) is 3. The summed E-state index contributed by atoms with van der Waals surface area (Å²) >= 11 is 0. The highest BCUT2D eigenvalue weighted by atomic mass is 16.5. The zero-order valence-electron chi connectivity index (χ0n) is 17.8. The van der Waals surface area contributed by atoms with Gasteiger partial charge in [0.1, 0.15) is 23.4 Å². The highest BCUT2D eigenvalue weighted by Gasteiger charge is 2.35. The van der Waals surface area contributed by atoms with E-state index in [1.165, 1.54) is 12.1 Å². The Kier molecular flexibility index (Phi) is 6.04. The molecule has 5 heteroatoms. The second-order valence-corrected chi connectivity index (χ2v) is 8.51. The van der Waals surface area contributed by atoms with Crippen LogP contribution < -0.4 is 4.74 Å². The molecule has 0 amide bonds. The van der Waals surface area contributed by atoms with E-state index < -0.39 is 11.7 Å². The molecule has 2 aromatic carbocycles. The van der Waals surface area contributed by atoms with Gasteiger partial charge in [-0.25, -0.2) is 0 Å². The van der Waals surface area contributed by atoms with E-state index in [2.05, 4.69) is 0 Å². The zero-order valence-corrected chi connectivity index (χ0v) is 17.8. The Bertz CT molecular complexity index is 1020. The first-order valence-corrected chi connectivity index (χ1v) is 9.97. The standard InChI is InChI=1S/C25H28O5/c1-15(2)5-8-17-11-16(6-9-20(17)26)7-10-21(27)19-12-18-13-24(25(3,4)29)30-23(18)14-22(19)28/h5-7,9-12,14,24,26,28-29H,8,13H2,1-4H3/b10-7+/t24-/m0/s1. The maximum absolute atomic E-state index is 12.7. The normalized spacial score (nSPS) is 15.7. The van der Waals surface area contributed by atoms with Crippen LogP contribution in [0.2, 0.25) is 0 Å². The van der Waals surface area contributed by atoms with E-state index >= 15 is 0 Å². The number of benzene rings is 2. The number of rotatable bonds is 6. The molecule has 0 bridgehead atoms. The maximum Gasteiger partial charge on any atom is 0.189 e. The summed E-state index contributed by atoms with van der Waals surface area (Å²) in [5, 5.41) is 30.5. The molecular formula is C25H28O5. The Labute approximate surface area is 177 Å². The first kappa shape index (κ1) is 21.7. The number of aliphatic hydroxyl groups is 1. The maximum atomic E-state index is 12.7. The molecule has 0 radical (unpaired) electrons. The van der Waals surface area contributed by atoms with E-state index in [0.717, 1.165) is 22.3 Å². The molecule has 2 aromatic rings. The van der Waals surface area contributed by atoms with Crippen LogP contribution in [0.1, 0.15) is 54.7 Å². The molecule has 1 aliphatic rings. The van der Waals surface area contributed by atoms with Gasteiger partial charge < -0.3 is 20.1 Å². The molecule has 3 rings (SSSR count). The van der Waals surface area contributed by atoms with Crippen LogP contribution in [0.15, 0.2) is 48.1 Å². The molecule has 0 aromatic heterocycles. The van der Waals surface area contributed by atoms with Gasteiger partial charge in [-0.15, -0.1) is 0 Å². The van der Waals surface area contributed by atoms with E-state index in [-0.39, 0.29) is 22.8 Å². The van der Waals surface area contributed by atoms with Crippen molar-refractivity contribution in [3.63, 3.8) is 0 Å². The van der Waals surface area contributed by atoms with Crippen LogP contribution in [0.4, 0.5) is 0 Å². The number of hydrogen-bond acceptors (Lipinski definition) is 5. The predicted octanol–water partition coefficient (Wildman–Crippen LogP) is 4.58. The number of carbonyl (C=O) groups is 1. The summed E-state index contributed by atoms with van der Waals surface area (Å²) in [6.07, 6.45) is 5.74. The van der Waals surface area contributed by atoms with Crippen LogP contribution in [0.25, 0.3) is 6.08 Å². The van der Waals surface area contributed by atoms with Crippen LogP contribution in [0.3, 0.4) is 0 Å². The minimum atomic E-state index is -1.03. The summed E-state index contributed by atoms with van der Waals surface area (Å²) < 4.78 is 5.71. The summed E-state index contributed by atoms with van der Waals surface area (Å²) in [4.78, 5) is 12.7. The lowest BCUT2D eigenvalue weighted by atomic mass is 9.96. The molecule has 1 atom stereocenters. The van der Waals surface area contributed by atoms with Crippen LogP contribution in [-0.2, 0) is 12.8 Å². The van der Waals surface area contributed by atoms with E-state index in [4.69, 9.17) is 4.74 Å². The lowest BCUT2D eigenvalue weighted by Crippen LogP contribution is -2.39. The van der Waals surface area contributed by atoms with Crippen molar-refractivity contribution >= 4 is 11.9 Å². The van der Waals surface area contributed by atoms with Crippen molar-refractivity contribution in [2.45, 2.75) is 52.2 Å². The van der Waals surface area contributed by atoms with Gasteiger partial charge in [0.25, 0.3) is 0 Å². The molecule has 0 fully saturated rings. The Hall–Kier alpha value is -3.05. The first-order valence-electron chi connectivity index (χ1n) is 9.97. The number of fused-ring (bicyclic) bond motifs is 1. The van der Waals surface area contributed by atoms with Crippen LogP contribution in [0, 0.1) is 0 Å². The van der Waals surface area contributed by atoms with E-state index in [1.54, 1.807) is 38.1 Å². The lowest BCUT2D eigenvalue weighted by molar-refractivity contribution is -0.0230. The summed E-state index contributed by atoms with van der Waals surface area (Å²) in [6, 6.07) is 8.23. The number of allylic oxidation sites excluding steroid dienone is 3. The monoisotopic (exact) mass is 408 g/mol. The number of ether oxygens (including phenoxy) is 1. The van der Waals surface area contributed by atoms with Crippen molar-refractivity contribution in [1.29, 1.82) is 0 Å². The van der Waals surface area contributed by atoms with Crippen LogP contribution in [-0.4, -0.2) is 32.8 Å². The molecule has 30 heavy (non-hydrogen) atoms. The first-order chi connectivity index (χ1) is 14.0. The quantitative estimate of drug-likeness (QED) is 0.370. The molecule has 0 saturated heterocycles. The van der Waals surface area contributed by atoms with E-state index in [9.17, 15) is 20.1 Å². The van der Waals surface area contributed by atoms with Gasteiger partial charge in [-0.1, -0.05) is 23.8 Å². The number of ketones is 1. The van der Waals surface area contributed by atoms with Crippen molar-refractivity contribution in [3.05, 3.63) is 70.3 Å². The number of phenols is 2. The molecule has 5 nitrogen and oxygen atoms in total. The Morgan fingerprint density at radius 3 is 2.57 bits per heavy atom. The van der Waals surface area contributed by atoms with Crippen molar-refractivity contribution in [2.75, 3.05) is 0 Å². The molecular weight excluding hydrogens is 380 g/mol. The molecule has 0 unspecified atom stereocenters. The molecule has 0 spiro atoms. The second kappa shape index (κ2) is 8.36. The molecule has 0 saturated carbocycles. The largest absolute Gasteiger partial charge is 0.508 e. The fraction of sp³-hybridized carbons (Fsp3) is 0.320. The van der Waals surface area contributed by atoms with Crippen molar-refractivity contribution in [1.82, 2.24) is 0 Å². The Morgan fingerprint density at radius 2 is 1.90 bits per heavy atom. The molecule has 0 aliphatic carbocycles. The van der Waals surface area contributed by atoms with Gasteiger partial charge in [0.2, 0.25) is 0 Å². The molecule has 1 aliphatic heterocycles. The summed E-state index contributed by atoms with van der Waals surface area (Å²) in [6.45, 7) is 7.33. The van der Waals surface area contributed by atoms with Crippen LogP contribution >= 0.6 is 0 Å². The summed E-state index contributed by atoms with van der Waals surface area (Å²) in [5.41, 5.74) is 2.67. The molecule has 3 N–H and O–H groups in total. The van der Waals surface area contributed by atoms with E-state index in [0.29, 0.717) is 18.6 Å². The topological polar surface area (TPSA) is 87.0 Å². The van der Waals surface area contributed by atoms with Gasteiger partial charge in [0, 0.05) is 12.5 Å². The van der Waals surface area contributed by atoms with Crippen LogP contribution in [0.5, 0.6) is 17.2 Å². The third kappa shape index (κ3) is 4.92. The van der Waals surface area contributed by atoms with Gasteiger partial charge in [-0.3, -0.25) is 4.79 Å². The predicted molar refractivity (Wildman–Crippen MR) is 117 cm³/mol. The van der Waals surface area contributed by atoms with Gasteiger partial charge in [0.05, 0.1) is 11.2 Å². The van der Waals surface area contributed by atoms with E-state index in [1.807, 2.05) is 26.0 Å². The zero-order chi connectivity index (χ0) is 22.1. The van der Waals surface area contributed by atoms with Crippen molar-refractivity contribution < 1.29 is 24.9 Å². The Balaban J connectivity index is 1.80. The third-order valence-electron chi connectivity index (χ3n) is 5.17. The molecule has 1 heterocycles. The minimum Gasteiger partial charge on any atom is -0.508 e. The van der Waals surface area contributed by atoms with Crippen molar-refractivity contribution in [2.24, 2.45) is 0 Å². The second-order valence-electron chi connectivity index (χ2n) is 8.51. The number of aromatic hydroxyl groups is 2. The fourth-order valence-electron chi connectivity index (χ4n) is 3.32. The SMILES string of the molecule is CC(C)=CCc1cc(/C=C/C(=O)c2cc3c(cc2O)O[C@H](C(C)(C)O)C3)ccc1O. The number of carbonyl (C=O) groups excluding carboxylic acids is 1. The highest BCUT2D eigenvalue weighted by molar-refractivity contribution is 6.08. The highest BCUT2D eigenvalue weighted by Crippen LogP contribution is 2.37. The average molecular weight is 408 g/mol. The summed E-state index contributed by atoms with van der Waals surface area (Å²) in [5.74, 6) is 0.215.